The number of benzene rings is 3. The molecule has 5 rings (SSSR count). The van der Waals surface area contributed by atoms with Gasteiger partial charge in [0, 0.05) is 19.6 Å². The van der Waals surface area contributed by atoms with E-state index in [1.807, 2.05) is 12.1 Å². The van der Waals surface area contributed by atoms with Crippen LogP contribution in [0.3, 0.4) is 0 Å². The van der Waals surface area contributed by atoms with E-state index in [1.165, 1.54) is 13.8 Å². The number of hydrogen-bond acceptors (Lipinski definition) is 5. The van der Waals surface area contributed by atoms with Gasteiger partial charge in [0.2, 0.25) is 0 Å². The lowest BCUT2D eigenvalue weighted by molar-refractivity contribution is -0.146. The van der Waals surface area contributed by atoms with Crippen LogP contribution in [0.2, 0.25) is 0 Å². The summed E-state index contributed by atoms with van der Waals surface area (Å²) in [5, 5.41) is 10.1. The van der Waals surface area contributed by atoms with Crippen molar-refractivity contribution in [1.29, 1.82) is 0 Å². The molecule has 0 bridgehead atoms. The van der Waals surface area contributed by atoms with E-state index in [4.69, 9.17) is 4.74 Å². The third-order valence-corrected chi connectivity index (χ3v) is 8.31. The number of nitrogens with zero attached hydrogens (tertiary/aromatic N) is 3. The molecule has 0 aliphatic carbocycles. The van der Waals surface area contributed by atoms with Crippen molar-refractivity contribution in [2.75, 3.05) is 19.6 Å². The molecule has 9 heteroatoms. The molecule has 0 unspecified atom stereocenters. The topological polar surface area (TPSA) is 93.8 Å². The number of aliphatic carboxylic acids is 1. The summed E-state index contributed by atoms with van der Waals surface area (Å²) in [6, 6.07) is 27.7. The van der Waals surface area contributed by atoms with Gasteiger partial charge in [-0.2, -0.15) is 0 Å². The molecule has 0 saturated carbocycles. The molecule has 4 aromatic rings. The number of fused-ring (bicyclic) bond motifs is 1. The number of aryl methyl sites for hydroxylation is 1. The van der Waals surface area contributed by atoms with E-state index in [0.717, 1.165) is 61.0 Å². The highest BCUT2D eigenvalue weighted by atomic mass is 35.5. The molecule has 1 aliphatic heterocycles. The highest BCUT2D eigenvalue weighted by Gasteiger charge is 2.34. The molecule has 43 heavy (non-hydrogen) atoms. The van der Waals surface area contributed by atoms with Gasteiger partial charge in [-0.05, 0) is 69.3 Å². The largest absolute Gasteiger partial charge is 0.480 e. The van der Waals surface area contributed by atoms with E-state index in [0.29, 0.717) is 17.4 Å². The van der Waals surface area contributed by atoms with Gasteiger partial charge in [-0.15, -0.1) is 12.4 Å². The first-order chi connectivity index (χ1) is 20.3. The van der Waals surface area contributed by atoms with Crippen molar-refractivity contribution in [3.8, 4) is 0 Å². The number of carboxylic acid groups (broad SMARTS) is 1. The Morgan fingerprint density at radius 2 is 1.40 bits per heavy atom. The van der Waals surface area contributed by atoms with E-state index in [9.17, 15) is 19.5 Å². The SMILES string of the molecule is CC(C)(C(=O)O)n1c(=O)c2ccccc2n(CCCCN2CCC(OC(c3ccccc3)c3ccccc3)CC2)c1=O.Cl. The maximum atomic E-state index is 13.4. The van der Waals surface area contributed by atoms with Crippen molar-refractivity contribution in [1.82, 2.24) is 14.0 Å². The number of piperidine rings is 1. The maximum absolute atomic E-state index is 13.4. The first-order valence-corrected chi connectivity index (χ1v) is 14.7. The van der Waals surface area contributed by atoms with Crippen LogP contribution in [-0.2, 0) is 21.6 Å². The van der Waals surface area contributed by atoms with E-state index >= 15 is 0 Å². The Balaban J connectivity index is 0.00000423. The maximum Gasteiger partial charge on any atom is 0.332 e. The molecule has 2 heterocycles. The van der Waals surface area contributed by atoms with Gasteiger partial charge in [0.15, 0.2) is 0 Å². The minimum absolute atomic E-state index is 0. The molecular weight excluding hydrogens is 566 g/mol. The first-order valence-electron chi connectivity index (χ1n) is 14.7. The summed E-state index contributed by atoms with van der Waals surface area (Å²) >= 11 is 0. The average Bonchev–Trinajstić information content (AvgIpc) is 3.01. The van der Waals surface area contributed by atoms with Gasteiger partial charge >= 0.3 is 11.7 Å². The quantitative estimate of drug-likeness (QED) is 0.228. The molecule has 3 aromatic carbocycles. The third-order valence-electron chi connectivity index (χ3n) is 8.31. The van der Waals surface area contributed by atoms with Crippen LogP contribution in [-0.4, -0.2) is 50.8 Å². The first kappa shape index (κ1) is 32.2. The average molecular weight is 606 g/mol. The summed E-state index contributed by atoms with van der Waals surface area (Å²) in [5.41, 5.74) is 0.0293. The molecule has 1 N–H and O–H groups in total. The Bertz CT molecular complexity index is 1590. The van der Waals surface area contributed by atoms with Gasteiger partial charge in [-0.1, -0.05) is 72.8 Å². The van der Waals surface area contributed by atoms with Crippen molar-refractivity contribution in [3.63, 3.8) is 0 Å². The number of carboxylic acids is 1. The van der Waals surface area contributed by atoms with Crippen molar-refractivity contribution in [2.45, 2.75) is 63.8 Å². The summed E-state index contributed by atoms with van der Waals surface area (Å²) in [4.78, 5) is 40.9. The van der Waals surface area contributed by atoms with Crippen LogP contribution in [0.5, 0.6) is 0 Å². The van der Waals surface area contributed by atoms with Gasteiger partial charge in [0.25, 0.3) is 5.56 Å². The monoisotopic (exact) mass is 605 g/mol. The molecule has 0 radical (unpaired) electrons. The number of halogens is 1. The lowest BCUT2D eigenvalue weighted by atomic mass is 10.00. The molecular formula is C34H40ClN3O5. The summed E-state index contributed by atoms with van der Waals surface area (Å²) in [7, 11) is 0. The van der Waals surface area contributed by atoms with Crippen LogP contribution in [0.4, 0.5) is 0 Å². The summed E-state index contributed by atoms with van der Waals surface area (Å²) in [5.74, 6) is -1.23. The summed E-state index contributed by atoms with van der Waals surface area (Å²) in [6.07, 6.45) is 3.60. The molecule has 0 spiro atoms. The van der Waals surface area contributed by atoms with Crippen LogP contribution in [0.1, 0.15) is 56.8 Å². The van der Waals surface area contributed by atoms with Crippen LogP contribution in [0.25, 0.3) is 10.9 Å². The van der Waals surface area contributed by atoms with Gasteiger partial charge in [-0.3, -0.25) is 9.36 Å². The van der Waals surface area contributed by atoms with Crippen LogP contribution >= 0.6 is 12.4 Å². The van der Waals surface area contributed by atoms with Gasteiger partial charge in [0.05, 0.1) is 17.0 Å². The van der Waals surface area contributed by atoms with Gasteiger partial charge in [-0.25, -0.2) is 14.2 Å². The highest BCUT2D eigenvalue weighted by molar-refractivity contribution is 5.85. The minimum Gasteiger partial charge on any atom is -0.480 e. The van der Waals surface area contributed by atoms with E-state index < -0.39 is 22.8 Å². The van der Waals surface area contributed by atoms with Crippen LogP contribution < -0.4 is 11.2 Å². The smallest absolute Gasteiger partial charge is 0.332 e. The number of rotatable bonds is 11. The molecule has 1 fully saturated rings. The Morgan fingerprint density at radius 1 is 0.860 bits per heavy atom. The number of hydrogen-bond donors (Lipinski definition) is 1. The number of para-hydroxylation sites is 1. The second-order valence-corrected chi connectivity index (χ2v) is 11.5. The number of carbonyl (C=O) groups is 1. The zero-order valence-electron chi connectivity index (χ0n) is 24.7. The summed E-state index contributed by atoms with van der Waals surface area (Å²) < 4.78 is 9.11. The van der Waals surface area contributed by atoms with Crippen molar-refractivity contribution >= 4 is 29.3 Å². The minimum atomic E-state index is -1.66. The second kappa shape index (κ2) is 14.2. The van der Waals surface area contributed by atoms with Crippen molar-refractivity contribution in [3.05, 3.63) is 117 Å². The molecule has 0 amide bonds. The number of unbranched alkanes of at least 4 members (excludes halogenated alkanes) is 1. The molecule has 1 aliphatic rings. The normalized spacial score (nSPS) is 14.6. The van der Waals surface area contributed by atoms with Gasteiger partial charge in [0.1, 0.15) is 11.6 Å². The lowest BCUT2D eigenvalue weighted by Gasteiger charge is -2.34. The summed E-state index contributed by atoms with van der Waals surface area (Å²) in [6.45, 7) is 5.97. The van der Waals surface area contributed by atoms with Crippen molar-refractivity contribution in [2.24, 2.45) is 0 Å². The molecule has 1 aromatic heterocycles. The fourth-order valence-corrected chi connectivity index (χ4v) is 5.80. The molecule has 8 nitrogen and oxygen atoms in total. The molecule has 228 valence electrons. The van der Waals surface area contributed by atoms with Crippen LogP contribution in [0.15, 0.2) is 94.5 Å². The second-order valence-electron chi connectivity index (χ2n) is 11.5. The zero-order valence-corrected chi connectivity index (χ0v) is 25.5. The Morgan fingerprint density at radius 3 is 1.98 bits per heavy atom. The fourth-order valence-electron chi connectivity index (χ4n) is 5.80. The predicted molar refractivity (Wildman–Crippen MR) is 171 cm³/mol. The van der Waals surface area contributed by atoms with Crippen molar-refractivity contribution < 1.29 is 14.6 Å². The zero-order chi connectivity index (χ0) is 29.7. The number of ether oxygens (including phenoxy) is 1. The standard InChI is InChI=1S/C34H39N3O5.ClH/c1-34(2,32(39)40)37-31(38)28-17-9-10-18-29(28)36(33(37)41)22-12-11-21-35-23-19-27(20-24-35)42-30(25-13-5-3-6-14-25)26-15-7-4-8-16-26;/h3-10,13-18,27,30H,11-12,19-24H2,1-2H3,(H,39,40);1H. The highest BCUT2D eigenvalue weighted by Crippen LogP contribution is 2.30. The van der Waals surface area contributed by atoms with Crippen LogP contribution in [0, 0.1) is 0 Å². The molecule has 1 saturated heterocycles. The van der Waals surface area contributed by atoms with E-state index in [2.05, 4.69) is 53.4 Å². The lowest BCUT2D eigenvalue weighted by Crippen LogP contribution is -2.52. The van der Waals surface area contributed by atoms with E-state index in [1.54, 1.807) is 28.8 Å². The van der Waals surface area contributed by atoms with E-state index in [-0.39, 0.29) is 24.6 Å². The third kappa shape index (κ3) is 7.09. The Hall–Kier alpha value is -3.72. The fraction of sp³-hybridized carbons (Fsp3) is 0.382. The van der Waals surface area contributed by atoms with Gasteiger partial charge < -0.3 is 14.7 Å². The predicted octanol–water partition coefficient (Wildman–Crippen LogP) is 5.46. The molecule has 0 atom stereocenters. The number of likely N-dealkylation sites (tertiary alicyclic amines) is 1. The Labute approximate surface area is 257 Å². The number of aromatic nitrogens is 2. The Kier molecular flexibility index (Phi) is 10.6.